The standard InChI is InChI=1S/C30H21Cl3N4O3/c31-21-10-8-19(9-11-21)28-20(18-37(36-28)23-5-2-1-3-6-23)15-27(30(39)34-17-24-7-4-14-40-24)35-29(38)25-13-12-22(32)16-26(25)33/h1-16,18H,17H2,(H,34,39)(H,35,38). The molecule has 5 aromatic rings. The van der Waals surface area contributed by atoms with E-state index >= 15 is 0 Å². The van der Waals surface area contributed by atoms with E-state index in [0.717, 1.165) is 11.3 Å². The zero-order chi connectivity index (χ0) is 28.1. The number of carbonyl (C=O) groups excluding carboxylic acids is 2. The van der Waals surface area contributed by atoms with Gasteiger partial charge in [-0.25, -0.2) is 4.68 Å². The van der Waals surface area contributed by atoms with Crippen LogP contribution in [0.3, 0.4) is 0 Å². The Morgan fingerprint density at radius 2 is 1.65 bits per heavy atom. The molecule has 0 fully saturated rings. The van der Waals surface area contributed by atoms with Gasteiger partial charge in [0, 0.05) is 27.4 Å². The lowest BCUT2D eigenvalue weighted by molar-refractivity contribution is -0.118. The molecule has 2 N–H and O–H groups in total. The molecule has 2 aromatic heterocycles. The lowest BCUT2D eigenvalue weighted by Gasteiger charge is -2.12. The predicted molar refractivity (Wildman–Crippen MR) is 156 cm³/mol. The van der Waals surface area contributed by atoms with E-state index in [2.05, 4.69) is 10.6 Å². The van der Waals surface area contributed by atoms with Crippen LogP contribution in [0.4, 0.5) is 0 Å². The Morgan fingerprint density at radius 3 is 2.35 bits per heavy atom. The number of amides is 2. The van der Waals surface area contributed by atoms with Crippen molar-refractivity contribution in [2.45, 2.75) is 6.54 Å². The smallest absolute Gasteiger partial charge is 0.268 e. The van der Waals surface area contributed by atoms with Crippen LogP contribution in [-0.4, -0.2) is 21.6 Å². The molecule has 0 atom stereocenters. The maximum Gasteiger partial charge on any atom is 0.268 e. The average molecular weight is 592 g/mol. The Labute approximate surface area is 245 Å². The van der Waals surface area contributed by atoms with Gasteiger partial charge in [0.15, 0.2) is 0 Å². The van der Waals surface area contributed by atoms with Crippen LogP contribution >= 0.6 is 34.8 Å². The summed E-state index contributed by atoms with van der Waals surface area (Å²) in [6.45, 7) is 0.119. The van der Waals surface area contributed by atoms with Gasteiger partial charge >= 0.3 is 0 Å². The van der Waals surface area contributed by atoms with Crippen molar-refractivity contribution in [2.75, 3.05) is 0 Å². The minimum atomic E-state index is -0.579. The summed E-state index contributed by atoms with van der Waals surface area (Å²) < 4.78 is 7.02. The van der Waals surface area contributed by atoms with Crippen LogP contribution in [0, 0.1) is 0 Å². The number of nitrogens with one attached hydrogen (secondary N) is 2. The van der Waals surface area contributed by atoms with E-state index in [0.29, 0.717) is 27.1 Å². The summed E-state index contributed by atoms with van der Waals surface area (Å²) in [4.78, 5) is 26.6. The zero-order valence-electron chi connectivity index (χ0n) is 20.8. The van der Waals surface area contributed by atoms with Crippen molar-refractivity contribution >= 4 is 52.7 Å². The fourth-order valence-electron chi connectivity index (χ4n) is 3.89. The minimum absolute atomic E-state index is 0.0228. The molecular weight excluding hydrogens is 571 g/mol. The predicted octanol–water partition coefficient (Wildman–Crippen LogP) is 7.18. The number of hydrogen-bond donors (Lipinski definition) is 2. The van der Waals surface area contributed by atoms with Crippen LogP contribution in [0.2, 0.25) is 15.1 Å². The van der Waals surface area contributed by atoms with Crippen molar-refractivity contribution < 1.29 is 14.0 Å². The highest BCUT2D eigenvalue weighted by atomic mass is 35.5. The van der Waals surface area contributed by atoms with E-state index in [1.807, 2.05) is 42.5 Å². The first-order valence-electron chi connectivity index (χ1n) is 12.1. The van der Waals surface area contributed by atoms with Crippen molar-refractivity contribution in [1.29, 1.82) is 0 Å². The Morgan fingerprint density at radius 1 is 0.900 bits per heavy atom. The monoisotopic (exact) mass is 590 g/mol. The van der Waals surface area contributed by atoms with Gasteiger partial charge in [-0.2, -0.15) is 5.10 Å². The fourth-order valence-corrected chi connectivity index (χ4v) is 4.51. The highest BCUT2D eigenvalue weighted by Crippen LogP contribution is 2.27. The summed E-state index contributed by atoms with van der Waals surface area (Å²) in [5, 5.41) is 11.4. The summed E-state index contributed by atoms with van der Waals surface area (Å²) in [6.07, 6.45) is 4.86. The molecule has 2 amide bonds. The Hall–Kier alpha value is -4.30. The van der Waals surface area contributed by atoms with Gasteiger partial charge in [-0.05, 0) is 60.7 Å². The van der Waals surface area contributed by atoms with Crippen molar-refractivity contribution in [2.24, 2.45) is 0 Å². The van der Waals surface area contributed by atoms with Crippen molar-refractivity contribution in [3.05, 3.63) is 135 Å². The Kier molecular flexibility index (Phi) is 8.36. The molecule has 0 radical (unpaired) electrons. The maximum absolute atomic E-state index is 13.4. The maximum atomic E-state index is 13.4. The number of hydrogen-bond acceptors (Lipinski definition) is 4. The van der Waals surface area contributed by atoms with Gasteiger partial charge < -0.3 is 15.1 Å². The molecule has 2 heterocycles. The quantitative estimate of drug-likeness (QED) is 0.187. The van der Waals surface area contributed by atoms with Crippen molar-refractivity contribution in [1.82, 2.24) is 20.4 Å². The topological polar surface area (TPSA) is 89.2 Å². The third kappa shape index (κ3) is 6.46. The highest BCUT2D eigenvalue weighted by Gasteiger charge is 2.20. The van der Waals surface area contributed by atoms with Gasteiger partial charge in [0.25, 0.3) is 11.8 Å². The zero-order valence-corrected chi connectivity index (χ0v) is 23.0. The first-order valence-corrected chi connectivity index (χ1v) is 13.2. The number of furan rings is 1. The number of benzene rings is 3. The molecule has 0 spiro atoms. The summed E-state index contributed by atoms with van der Waals surface area (Å²) in [6, 6.07) is 24.7. The molecular formula is C30H21Cl3N4O3. The van der Waals surface area contributed by atoms with Crippen molar-refractivity contribution in [3.8, 4) is 16.9 Å². The first-order chi connectivity index (χ1) is 19.4. The number of para-hydroxylation sites is 1. The largest absolute Gasteiger partial charge is 0.467 e. The molecule has 7 nitrogen and oxygen atoms in total. The molecule has 0 saturated carbocycles. The van der Waals surface area contributed by atoms with E-state index in [9.17, 15) is 9.59 Å². The van der Waals surface area contributed by atoms with Crippen LogP contribution in [-0.2, 0) is 11.3 Å². The van der Waals surface area contributed by atoms with E-state index in [4.69, 9.17) is 44.3 Å². The van der Waals surface area contributed by atoms with Crippen LogP contribution in [0.5, 0.6) is 0 Å². The van der Waals surface area contributed by atoms with E-state index in [-0.39, 0.29) is 22.8 Å². The van der Waals surface area contributed by atoms with Gasteiger partial charge in [0.2, 0.25) is 0 Å². The molecule has 40 heavy (non-hydrogen) atoms. The molecule has 0 bridgehead atoms. The minimum Gasteiger partial charge on any atom is -0.467 e. The number of nitrogens with zero attached hydrogens (tertiary/aromatic N) is 2. The lowest BCUT2D eigenvalue weighted by atomic mass is 10.1. The second-order valence-corrected chi connectivity index (χ2v) is 9.90. The summed E-state index contributed by atoms with van der Waals surface area (Å²) >= 11 is 18.4. The summed E-state index contributed by atoms with van der Waals surface area (Å²) in [5.74, 6) is -0.563. The first kappa shape index (κ1) is 27.3. The molecule has 5 rings (SSSR count). The van der Waals surface area contributed by atoms with Crippen LogP contribution in [0.25, 0.3) is 23.0 Å². The van der Waals surface area contributed by atoms with Gasteiger partial charge in [-0.3, -0.25) is 9.59 Å². The number of carbonyl (C=O) groups is 2. The Bertz CT molecular complexity index is 1680. The number of rotatable bonds is 8. The fraction of sp³-hybridized carbons (Fsp3) is 0.0333. The van der Waals surface area contributed by atoms with Crippen LogP contribution < -0.4 is 10.6 Å². The van der Waals surface area contributed by atoms with Gasteiger partial charge in [-0.1, -0.05) is 65.1 Å². The second-order valence-electron chi connectivity index (χ2n) is 8.62. The van der Waals surface area contributed by atoms with Crippen molar-refractivity contribution in [3.63, 3.8) is 0 Å². The molecule has 3 aromatic carbocycles. The molecule has 0 saturated heterocycles. The summed E-state index contributed by atoms with van der Waals surface area (Å²) in [7, 11) is 0. The molecule has 10 heteroatoms. The van der Waals surface area contributed by atoms with Crippen LogP contribution in [0.15, 0.2) is 108 Å². The summed E-state index contributed by atoms with van der Waals surface area (Å²) in [5.41, 5.74) is 2.89. The van der Waals surface area contributed by atoms with Gasteiger partial charge in [0.05, 0.1) is 29.1 Å². The van der Waals surface area contributed by atoms with Gasteiger partial charge in [-0.15, -0.1) is 0 Å². The van der Waals surface area contributed by atoms with E-state index in [1.165, 1.54) is 18.4 Å². The Balaban J connectivity index is 1.56. The van der Waals surface area contributed by atoms with Gasteiger partial charge in [0.1, 0.15) is 17.2 Å². The van der Waals surface area contributed by atoms with E-state index in [1.54, 1.807) is 47.3 Å². The lowest BCUT2D eigenvalue weighted by Crippen LogP contribution is -2.34. The third-order valence-electron chi connectivity index (χ3n) is 5.85. The molecule has 0 unspecified atom stereocenters. The van der Waals surface area contributed by atoms with Crippen LogP contribution in [0.1, 0.15) is 21.7 Å². The normalized spacial score (nSPS) is 11.3. The average Bonchev–Trinajstić information content (AvgIpc) is 3.63. The molecule has 0 aliphatic rings. The molecule has 200 valence electrons. The molecule has 0 aliphatic heterocycles. The number of halogens is 3. The van der Waals surface area contributed by atoms with E-state index < -0.39 is 11.8 Å². The SMILES string of the molecule is O=C(NCc1ccco1)C(=Cc1cn(-c2ccccc2)nc1-c1ccc(Cl)cc1)NC(=O)c1ccc(Cl)cc1Cl. The second kappa shape index (κ2) is 12.3. The highest BCUT2D eigenvalue weighted by molar-refractivity contribution is 6.36. The third-order valence-corrected chi connectivity index (χ3v) is 6.65. The molecule has 0 aliphatic carbocycles. The number of aromatic nitrogens is 2.